The van der Waals surface area contributed by atoms with Crippen LogP contribution in [0, 0.1) is 0 Å². The third-order valence-corrected chi connectivity index (χ3v) is 7.46. The van der Waals surface area contributed by atoms with Crippen LogP contribution < -0.4 is 15.6 Å². The number of ether oxygens (including phenoxy) is 1. The van der Waals surface area contributed by atoms with Crippen LogP contribution in [0.3, 0.4) is 0 Å². The van der Waals surface area contributed by atoms with Gasteiger partial charge in [0.25, 0.3) is 11.5 Å². The van der Waals surface area contributed by atoms with Crippen molar-refractivity contribution < 1.29 is 27.8 Å². The molecule has 3 aromatic heterocycles. The molecule has 0 aliphatic carbocycles. The number of amides is 1. The Balaban J connectivity index is 1.44. The number of phenols is 1. The second-order valence-corrected chi connectivity index (χ2v) is 10.3. The zero-order chi connectivity index (χ0) is 31.3. The van der Waals surface area contributed by atoms with Crippen LogP contribution in [0.15, 0.2) is 71.7 Å². The first-order valence-electron chi connectivity index (χ1n) is 13.0. The number of nitrogens with zero attached hydrogens (tertiary/aromatic N) is 4. The lowest BCUT2D eigenvalue weighted by molar-refractivity contribution is -0.137. The summed E-state index contributed by atoms with van der Waals surface area (Å²) in [5.41, 5.74) is 0.282. The van der Waals surface area contributed by atoms with E-state index in [-0.39, 0.29) is 51.0 Å². The minimum absolute atomic E-state index is 0.0402. The molecule has 0 aliphatic rings. The number of pyridine rings is 1. The normalized spacial score (nSPS) is 11.8. The number of phenolic OH excluding ortho intramolecular Hbond substituents is 1. The van der Waals surface area contributed by atoms with Crippen molar-refractivity contribution >= 4 is 39.4 Å². The largest absolute Gasteiger partial charge is 0.504 e. The van der Waals surface area contributed by atoms with E-state index in [0.717, 1.165) is 12.1 Å². The van der Waals surface area contributed by atoms with Crippen molar-refractivity contribution in [1.82, 2.24) is 29.9 Å². The van der Waals surface area contributed by atoms with E-state index in [0.29, 0.717) is 22.1 Å². The Kier molecular flexibility index (Phi) is 7.04. The number of aromatic hydroxyl groups is 1. The van der Waals surface area contributed by atoms with Crippen molar-refractivity contribution in [3.63, 3.8) is 0 Å². The maximum atomic E-state index is 13.9. The quantitative estimate of drug-likeness (QED) is 0.222. The lowest BCUT2D eigenvalue weighted by Gasteiger charge is -2.10. The monoisotopic (exact) mass is 622 g/mol. The van der Waals surface area contributed by atoms with Crippen LogP contribution in [0.2, 0.25) is 5.02 Å². The van der Waals surface area contributed by atoms with Gasteiger partial charge in [-0.05, 0) is 48.0 Å². The minimum atomic E-state index is -4.60. The first-order chi connectivity index (χ1) is 21.0. The molecule has 0 atom stereocenters. The zero-order valence-corrected chi connectivity index (χ0v) is 23.8. The predicted octanol–water partition coefficient (Wildman–Crippen LogP) is 5.58. The molecule has 1 amide bonds. The molecular weight excluding hydrogens is 601 g/mol. The molecule has 0 saturated heterocycles. The Morgan fingerprint density at radius 2 is 1.93 bits per heavy atom. The molecule has 224 valence electrons. The van der Waals surface area contributed by atoms with Crippen LogP contribution in [-0.2, 0) is 19.8 Å². The van der Waals surface area contributed by atoms with E-state index in [9.17, 15) is 27.9 Å². The number of aromatic nitrogens is 5. The van der Waals surface area contributed by atoms with Gasteiger partial charge >= 0.3 is 6.18 Å². The predicted molar refractivity (Wildman–Crippen MR) is 157 cm³/mol. The SMILES string of the molecule is COc1cc(CNC(=O)c2cc(-n3[nH]c4c(c(-c5cccc(C(F)(F)F)c5)nc5c4cnn5C)c3=O)ccc2Cl)ccc1O. The van der Waals surface area contributed by atoms with Crippen molar-refractivity contribution in [2.75, 3.05) is 7.11 Å². The number of rotatable bonds is 6. The summed E-state index contributed by atoms with van der Waals surface area (Å²) in [4.78, 5) is 31.6. The number of hydrogen-bond acceptors (Lipinski definition) is 6. The van der Waals surface area contributed by atoms with Gasteiger partial charge in [-0.1, -0.05) is 29.8 Å². The summed E-state index contributed by atoms with van der Waals surface area (Å²) in [5, 5.41) is 20.5. The second-order valence-electron chi connectivity index (χ2n) is 9.90. The highest BCUT2D eigenvalue weighted by Crippen LogP contribution is 2.35. The number of benzene rings is 3. The number of fused-ring (bicyclic) bond motifs is 3. The number of halogens is 4. The number of H-pyrrole nitrogens is 1. The summed E-state index contributed by atoms with van der Waals surface area (Å²) >= 11 is 6.36. The van der Waals surface area contributed by atoms with Crippen LogP contribution in [0.5, 0.6) is 11.5 Å². The number of alkyl halides is 3. The first kappa shape index (κ1) is 28.8. The van der Waals surface area contributed by atoms with Gasteiger partial charge in [0.15, 0.2) is 17.1 Å². The molecule has 3 N–H and O–H groups in total. The Bertz CT molecular complexity index is 2150. The summed E-state index contributed by atoms with van der Waals surface area (Å²) in [5.74, 6) is -0.331. The van der Waals surface area contributed by atoms with Crippen LogP contribution in [-0.4, -0.2) is 42.7 Å². The van der Waals surface area contributed by atoms with Crippen molar-refractivity contribution in [2.24, 2.45) is 7.05 Å². The molecular formula is C30H22ClF3N6O4. The minimum Gasteiger partial charge on any atom is -0.504 e. The van der Waals surface area contributed by atoms with E-state index in [1.54, 1.807) is 19.2 Å². The van der Waals surface area contributed by atoms with E-state index in [1.165, 1.54) is 59.1 Å². The Morgan fingerprint density at radius 3 is 2.68 bits per heavy atom. The molecule has 0 unspecified atom stereocenters. The number of hydrogen-bond donors (Lipinski definition) is 3. The topological polar surface area (TPSA) is 127 Å². The third kappa shape index (κ3) is 5.00. The number of aromatic amines is 1. The standard InChI is InChI=1S/C30H22ClF3N6O4/c1-39-27-20(14-36-39)26-24(25(37-27)16-4-3-5-17(11-16)30(32,33)34)29(43)40(38-26)18-7-8-21(31)19(12-18)28(42)35-13-15-6-9-22(41)23(10-15)44-2/h3-12,14,38,41H,13H2,1-2H3,(H,35,42). The molecule has 0 radical (unpaired) electrons. The molecule has 0 spiro atoms. The van der Waals surface area contributed by atoms with Crippen LogP contribution in [0.25, 0.3) is 38.9 Å². The number of aryl methyl sites for hydroxylation is 1. The lowest BCUT2D eigenvalue weighted by atomic mass is 10.0. The fourth-order valence-electron chi connectivity index (χ4n) is 4.92. The lowest BCUT2D eigenvalue weighted by Crippen LogP contribution is -2.24. The summed E-state index contributed by atoms with van der Waals surface area (Å²) in [7, 11) is 3.04. The Labute approximate surface area is 251 Å². The number of methoxy groups -OCH3 is 1. The Morgan fingerprint density at radius 1 is 1.14 bits per heavy atom. The van der Waals surface area contributed by atoms with Gasteiger partial charge in [-0.25, -0.2) is 9.67 Å². The van der Waals surface area contributed by atoms with E-state index < -0.39 is 23.2 Å². The van der Waals surface area contributed by atoms with E-state index in [4.69, 9.17) is 16.3 Å². The maximum Gasteiger partial charge on any atom is 0.416 e. The average Bonchev–Trinajstić information content (AvgIpc) is 3.55. The van der Waals surface area contributed by atoms with Gasteiger partial charge in [0.2, 0.25) is 0 Å². The van der Waals surface area contributed by atoms with E-state index in [1.807, 2.05) is 0 Å². The highest BCUT2D eigenvalue weighted by molar-refractivity contribution is 6.34. The van der Waals surface area contributed by atoms with Crippen LogP contribution in [0.1, 0.15) is 21.5 Å². The molecule has 6 rings (SSSR count). The molecule has 3 aromatic carbocycles. The summed E-state index contributed by atoms with van der Waals surface area (Å²) in [6, 6.07) is 13.6. The molecule has 44 heavy (non-hydrogen) atoms. The maximum absolute atomic E-state index is 13.9. The van der Waals surface area contributed by atoms with Crippen molar-refractivity contribution in [1.29, 1.82) is 0 Å². The van der Waals surface area contributed by atoms with Gasteiger partial charge in [-0.2, -0.15) is 18.3 Å². The molecule has 3 heterocycles. The number of carbonyl (C=O) groups is 1. The summed E-state index contributed by atoms with van der Waals surface area (Å²) in [6.07, 6.45) is -3.10. The molecule has 6 aromatic rings. The molecule has 0 saturated carbocycles. The number of nitrogens with one attached hydrogen (secondary N) is 2. The molecule has 10 nitrogen and oxygen atoms in total. The fourth-order valence-corrected chi connectivity index (χ4v) is 5.13. The number of carbonyl (C=O) groups excluding carboxylic acids is 1. The smallest absolute Gasteiger partial charge is 0.416 e. The van der Waals surface area contributed by atoms with Crippen molar-refractivity contribution in [2.45, 2.75) is 12.7 Å². The first-order valence-corrected chi connectivity index (χ1v) is 13.4. The molecule has 14 heteroatoms. The molecule has 0 fully saturated rings. The van der Waals surface area contributed by atoms with Gasteiger partial charge < -0.3 is 15.2 Å². The summed E-state index contributed by atoms with van der Waals surface area (Å²) in [6.45, 7) is 0.0906. The Hall–Kier alpha value is -5.30. The van der Waals surface area contributed by atoms with Crippen LogP contribution in [0.4, 0.5) is 13.2 Å². The van der Waals surface area contributed by atoms with Crippen molar-refractivity contribution in [3.05, 3.63) is 98.9 Å². The second kappa shape index (κ2) is 10.8. The van der Waals surface area contributed by atoms with Gasteiger partial charge in [0.1, 0.15) is 0 Å². The highest BCUT2D eigenvalue weighted by atomic mass is 35.5. The summed E-state index contributed by atoms with van der Waals surface area (Å²) < 4.78 is 48.4. The van der Waals surface area contributed by atoms with E-state index >= 15 is 0 Å². The zero-order valence-electron chi connectivity index (χ0n) is 23.0. The van der Waals surface area contributed by atoms with Crippen molar-refractivity contribution in [3.8, 4) is 28.4 Å². The molecule has 0 bridgehead atoms. The van der Waals surface area contributed by atoms with Gasteiger partial charge in [0, 0.05) is 19.2 Å². The fraction of sp³-hybridized carbons (Fsp3) is 0.133. The van der Waals surface area contributed by atoms with Gasteiger partial charge in [-0.15, -0.1) is 0 Å². The third-order valence-electron chi connectivity index (χ3n) is 7.14. The van der Waals surface area contributed by atoms with Gasteiger partial charge in [-0.3, -0.25) is 19.4 Å². The van der Waals surface area contributed by atoms with E-state index in [2.05, 4.69) is 20.5 Å². The average molecular weight is 623 g/mol. The highest BCUT2D eigenvalue weighted by Gasteiger charge is 2.31. The molecule has 0 aliphatic heterocycles. The van der Waals surface area contributed by atoms with Gasteiger partial charge in [0.05, 0.1) is 57.1 Å². The van der Waals surface area contributed by atoms with Crippen LogP contribution >= 0.6 is 11.6 Å².